The highest BCUT2D eigenvalue weighted by atomic mass is 16.4. The van der Waals surface area contributed by atoms with Crippen molar-refractivity contribution in [3.8, 4) is 0 Å². The van der Waals surface area contributed by atoms with Crippen LogP contribution < -0.4 is 0 Å². The molecule has 0 saturated carbocycles. The molecule has 0 aromatic heterocycles. The zero-order valence-electron chi connectivity index (χ0n) is 9.18. The van der Waals surface area contributed by atoms with Gasteiger partial charge in [0.15, 0.2) is 0 Å². The largest absolute Gasteiger partial charge is 0.481 e. The Bertz CT molecular complexity index is 309. The Labute approximate surface area is 90.3 Å². The molecular formula is C12H17NO2. The van der Waals surface area contributed by atoms with E-state index in [1.54, 1.807) is 0 Å². The van der Waals surface area contributed by atoms with Crippen LogP contribution in [0.3, 0.4) is 0 Å². The van der Waals surface area contributed by atoms with Crippen LogP contribution in [0.2, 0.25) is 0 Å². The SMILES string of the molecule is CN(C)CCC(C(=O)O)c1ccccc1. The third-order valence-corrected chi connectivity index (χ3v) is 2.37. The van der Waals surface area contributed by atoms with E-state index in [2.05, 4.69) is 0 Å². The lowest BCUT2D eigenvalue weighted by molar-refractivity contribution is -0.139. The fourth-order valence-electron chi connectivity index (χ4n) is 1.51. The molecule has 0 aliphatic carbocycles. The van der Waals surface area contributed by atoms with E-state index in [9.17, 15) is 4.79 Å². The van der Waals surface area contributed by atoms with E-state index in [0.29, 0.717) is 6.42 Å². The highest BCUT2D eigenvalue weighted by molar-refractivity contribution is 5.76. The number of hydrogen-bond donors (Lipinski definition) is 1. The second kappa shape index (κ2) is 5.51. The van der Waals surface area contributed by atoms with Crippen molar-refractivity contribution in [1.82, 2.24) is 4.90 Å². The van der Waals surface area contributed by atoms with Crippen molar-refractivity contribution in [1.29, 1.82) is 0 Å². The molecule has 0 heterocycles. The number of carboxylic acids is 1. The molecule has 1 aromatic carbocycles. The summed E-state index contributed by atoms with van der Waals surface area (Å²) in [5.41, 5.74) is 0.881. The number of carboxylic acid groups (broad SMARTS) is 1. The second-order valence-corrected chi connectivity index (χ2v) is 3.89. The molecule has 0 saturated heterocycles. The lowest BCUT2D eigenvalue weighted by Crippen LogP contribution is -2.20. The maximum absolute atomic E-state index is 11.1. The Balaban J connectivity index is 2.71. The topological polar surface area (TPSA) is 40.5 Å². The summed E-state index contributed by atoms with van der Waals surface area (Å²) in [6, 6.07) is 9.39. The number of benzene rings is 1. The van der Waals surface area contributed by atoms with Gasteiger partial charge >= 0.3 is 5.97 Å². The van der Waals surface area contributed by atoms with Gasteiger partial charge in [-0.05, 0) is 32.6 Å². The Morgan fingerprint density at radius 2 is 1.93 bits per heavy atom. The van der Waals surface area contributed by atoms with Crippen molar-refractivity contribution in [3.05, 3.63) is 35.9 Å². The Hall–Kier alpha value is -1.35. The Morgan fingerprint density at radius 3 is 2.40 bits per heavy atom. The van der Waals surface area contributed by atoms with Gasteiger partial charge in [0.25, 0.3) is 0 Å². The quantitative estimate of drug-likeness (QED) is 0.800. The van der Waals surface area contributed by atoms with E-state index < -0.39 is 11.9 Å². The van der Waals surface area contributed by atoms with Gasteiger partial charge < -0.3 is 10.0 Å². The van der Waals surface area contributed by atoms with Crippen molar-refractivity contribution in [2.24, 2.45) is 0 Å². The number of hydrogen-bond acceptors (Lipinski definition) is 2. The van der Waals surface area contributed by atoms with Crippen LogP contribution in [0.5, 0.6) is 0 Å². The summed E-state index contributed by atoms with van der Waals surface area (Å²) in [4.78, 5) is 13.1. The molecule has 0 spiro atoms. The monoisotopic (exact) mass is 207 g/mol. The molecule has 0 aliphatic rings. The van der Waals surface area contributed by atoms with E-state index in [0.717, 1.165) is 12.1 Å². The van der Waals surface area contributed by atoms with Crippen LogP contribution in [0.25, 0.3) is 0 Å². The molecule has 1 rings (SSSR count). The molecule has 82 valence electrons. The summed E-state index contributed by atoms with van der Waals surface area (Å²) in [6.07, 6.45) is 0.645. The number of nitrogens with zero attached hydrogens (tertiary/aromatic N) is 1. The predicted molar refractivity (Wildman–Crippen MR) is 60.0 cm³/mol. The summed E-state index contributed by atoms with van der Waals surface area (Å²) < 4.78 is 0. The first-order chi connectivity index (χ1) is 7.11. The molecule has 0 fully saturated rings. The highest BCUT2D eigenvalue weighted by Crippen LogP contribution is 2.19. The first kappa shape index (κ1) is 11.7. The first-order valence-corrected chi connectivity index (χ1v) is 5.03. The van der Waals surface area contributed by atoms with Gasteiger partial charge in [0.1, 0.15) is 0 Å². The molecule has 3 nitrogen and oxygen atoms in total. The van der Waals surface area contributed by atoms with Gasteiger partial charge in [-0.2, -0.15) is 0 Å². The average molecular weight is 207 g/mol. The molecule has 0 aliphatic heterocycles. The van der Waals surface area contributed by atoms with E-state index >= 15 is 0 Å². The molecule has 1 aromatic rings. The average Bonchev–Trinajstić information content (AvgIpc) is 2.18. The Kier molecular flexibility index (Phi) is 4.31. The normalized spacial score (nSPS) is 12.7. The summed E-state index contributed by atoms with van der Waals surface area (Å²) in [7, 11) is 3.90. The summed E-state index contributed by atoms with van der Waals surface area (Å²) in [5.74, 6) is -1.14. The number of carbonyl (C=O) groups is 1. The minimum Gasteiger partial charge on any atom is -0.481 e. The maximum atomic E-state index is 11.1. The van der Waals surface area contributed by atoms with Crippen molar-refractivity contribution in [3.63, 3.8) is 0 Å². The zero-order valence-corrected chi connectivity index (χ0v) is 9.18. The fraction of sp³-hybridized carbons (Fsp3) is 0.417. The van der Waals surface area contributed by atoms with Gasteiger partial charge in [-0.1, -0.05) is 30.3 Å². The van der Waals surface area contributed by atoms with Crippen LogP contribution in [-0.2, 0) is 4.79 Å². The van der Waals surface area contributed by atoms with Crippen LogP contribution in [-0.4, -0.2) is 36.6 Å². The highest BCUT2D eigenvalue weighted by Gasteiger charge is 2.18. The first-order valence-electron chi connectivity index (χ1n) is 5.03. The number of rotatable bonds is 5. The smallest absolute Gasteiger partial charge is 0.311 e. The molecule has 1 atom stereocenters. The van der Waals surface area contributed by atoms with Gasteiger partial charge in [-0.3, -0.25) is 4.79 Å². The van der Waals surface area contributed by atoms with Crippen molar-refractivity contribution >= 4 is 5.97 Å². The summed E-state index contributed by atoms with van der Waals surface area (Å²) in [6.45, 7) is 0.784. The number of aliphatic carboxylic acids is 1. The summed E-state index contributed by atoms with van der Waals surface area (Å²) in [5, 5.41) is 9.12. The van der Waals surface area contributed by atoms with Gasteiger partial charge in [0, 0.05) is 0 Å². The maximum Gasteiger partial charge on any atom is 0.311 e. The van der Waals surface area contributed by atoms with Crippen LogP contribution in [0.1, 0.15) is 17.9 Å². The van der Waals surface area contributed by atoms with Crippen molar-refractivity contribution < 1.29 is 9.90 Å². The molecule has 0 amide bonds. The molecule has 0 radical (unpaired) electrons. The molecule has 3 heteroatoms. The van der Waals surface area contributed by atoms with Gasteiger partial charge in [0.2, 0.25) is 0 Å². The van der Waals surface area contributed by atoms with E-state index in [1.165, 1.54) is 0 Å². The Morgan fingerprint density at radius 1 is 1.33 bits per heavy atom. The molecule has 1 unspecified atom stereocenters. The second-order valence-electron chi connectivity index (χ2n) is 3.89. The molecule has 15 heavy (non-hydrogen) atoms. The minimum atomic E-state index is -0.747. The van der Waals surface area contributed by atoms with Crippen molar-refractivity contribution in [2.45, 2.75) is 12.3 Å². The summed E-state index contributed by atoms with van der Waals surface area (Å²) >= 11 is 0. The third-order valence-electron chi connectivity index (χ3n) is 2.37. The van der Waals surface area contributed by atoms with Gasteiger partial charge in [0.05, 0.1) is 5.92 Å². The zero-order chi connectivity index (χ0) is 11.3. The van der Waals surface area contributed by atoms with Crippen LogP contribution in [0, 0.1) is 0 Å². The van der Waals surface area contributed by atoms with E-state index in [-0.39, 0.29) is 0 Å². The lowest BCUT2D eigenvalue weighted by atomic mass is 9.96. The standard InChI is InChI=1S/C12H17NO2/c1-13(2)9-8-11(12(14)15)10-6-4-3-5-7-10/h3-7,11H,8-9H2,1-2H3,(H,14,15). The molecule has 1 N–H and O–H groups in total. The predicted octanol–water partition coefficient (Wildman–Crippen LogP) is 1.81. The van der Waals surface area contributed by atoms with Crippen molar-refractivity contribution in [2.75, 3.05) is 20.6 Å². The van der Waals surface area contributed by atoms with Crippen LogP contribution >= 0.6 is 0 Å². The fourth-order valence-corrected chi connectivity index (χ4v) is 1.51. The third kappa shape index (κ3) is 3.72. The van der Waals surface area contributed by atoms with Crippen LogP contribution in [0.4, 0.5) is 0 Å². The minimum absolute atomic E-state index is 0.395. The van der Waals surface area contributed by atoms with Crippen LogP contribution in [0.15, 0.2) is 30.3 Å². The van der Waals surface area contributed by atoms with E-state index in [4.69, 9.17) is 5.11 Å². The lowest BCUT2D eigenvalue weighted by Gasteiger charge is -2.15. The van der Waals surface area contributed by atoms with Gasteiger partial charge in [-0.25, -0.2) is 0 Å². The molecule has 0 bridgehead atoms. The van der Waals surface area contributed by atoms with Gasteiger partial charge in [-0.15, -0.1) is 0 Å². The molecular weight excluding hydrogens is 190 g/mol. The van der Waals surface area contributed by atoms with E-state index in [1.807, 2.05) is 49.3 Å².